The Hall–Kier alpha value is -1.08. The molecule has 0 spiro atoms. The molecule has 1 aliphatic heterocycles. The molecule has 2 aliphatic rings. The number of nitrogens with one attached hydrogen (secondary N) is 1. The van der Waals surface area contributed by atoms with Gasteiger partial charge in [0, 0.05) is 43.8 Å². The molecular weight excluding hydrogens is 281 g/mol. The number of likely N-dealkylation sites (N-methyl/N-ethyl adjacent to an activating group) is 1. The van der Waals surface area contributed by atoms with Crippen LogP contribution in [0, 0.1) is 0 Å². The quantitative estimate of drug-likeness (QED) is 0.924. The number of alkyl halides is 3. The smallest absolute Gasteiger partial charge is 0.323 e. The minimum atomic E-state index is -4.39. The van der Waals surface area contributed by atoms with Crippen molar-refractivity contribution in [3.8, 4) is 0 Å². The summed E-state index contributed by atoms with van der Waals surface area (Å²) in [4.78, 5) is 6.04. The largest absolute Gasteiger partial charge is 0.449 e. The lowest BCUT2D eigenvalue weighted by Crippen LogP contribution is -2.36. The highest BCUT2D eigenvalue weighted by Gasteiger charge is 2.40. The maximum Gasteiger partial charge on any atom is 0.449 e. The fourth-order valence-corrected chi connectivity index (χ4v) is 3.02. The van der Waals surface area contributed by atoms with Gasteiger partial charge in [0.15, 0.2) is 0 Å². The molecule has 0 saturated heterocycles. The van der Waals surface area contributed by atoms with Crippen molar-refractivity contribution in [2.24, 2.45) is 0 Å². The van der Waals surface area contributed by atoms with Crippen LogP contribution in [0.1, 0.15) is 37.0 Å². The van der Waals surface area contributed by atoms with Gasteiger partial charge in [0.05, 0.1) is 5.69 Å². The zero-order chi connectivity index (χ0) is 15.2. The van der Waals surface area contributed by atoms with Gasteiger partial charge >= 0.3 is 6.18 Å². The van der Waals surface area contributed by atoms with E-state index in [0.717, 1.165) is 18.5 Å². The summed E-state index contributed by atoms with van der Waals surface area (Å²) in [6.45, 7) is 3.48. The third-order valence-electron chi connectivity index (χ3n) is 4.50. The molecule has 1 fully saturated rings. The number of imidazole rings is 1. The van der Waals surface area contributed by atoms with E-state index in [2.05, 4.69) is 15.2 Å². The standard InChI is InChI=1S/C14H21F3N4/c1-9(20(2)10-3-4-10)8-21-12-5-6-18-7-11(12)19-13(21)14(15,16)17/h9-10,18H,3-8H2,1-2H3. The summed E-state index contributed by atoms with van der Waals surface area (Å²) in [5, 5.41) is 3.08. The number of hydrogen-bond donors (Lipinski definition) is 1. The molecule has 7 heteroatoms. The Morgan fingerprint density at radius 3 is 2.76 bits per heavy atom. The van der Waals surface area contributed by atoms with Crippen LogP contribution in [0.2, 0.25) is 0 Å². The average Bonchev–Trinajstić information content (AvgIpc) is 3.20. The normalized spacial score (nSPS) is 20.7. The molecule has 0 aromatic carbocycles. The Balaban J connectivity index is 1.89. The fourth-order valence-electron chi connectivity index (χ4n) is 3.02. The molecule has 2 heterocycles. The van der Waals surface area contributed by atoms with Crippen LogP contribution in [-0.4, -0.2) is 40.1 Å². The van der Waals surface area contributed by atoms with Crippen molar-refractivity contribution in [3.63, 3.8) is 0 Å². The van der Waals surface area contributed by atoms with E-state index >= 15 is 0 Å². The lowest BCUT2D eigenvalue weighted by atomic mass is 10.1. The molecule has 0 bridgehead atoms. The van der Waals surface area contributed by atoms with Gasteiger partial charge in [-0.05, 0) is 26.8 Å². The lowest BCUT2D eigenvalue weighted by molar-refractivity contribution is -0.147. The van der Waals surface area contributed by atoms with Gasteiger partial charge in [-0.2, -0.15) is 13.2 Å². The van der Waals surface area contributed by atoms with E-state index in [1.165, 1.54) is 4.57 Å². The van der Waals surface area contributed by atoms with Crippen LogP contribution in [0.5, 0.6) is 0 Å². The molecule has 0 amide bonds. The highest BCUT2D eigenvalue weighted by molar-refractivity contribution is 5.22. The SMILES string of the molecule is CC(Cn1c(C(F)(F)F)nc2c1CCNC2)N(C)C1CC1. The van der Waals surface area contributed by atoms with Gasteiger partial charge in [0.2, 0.25) is 5.82 Å². The molecule has 1 N–H and O–H groups in total. The van der Waals surface area contributed by atoms with Gasteiger partial charge in [-0.3, -0.25) is 4.90 Å². The Labute approximate surface area is 122 Å². The van der Waals surface area contributed by atoms with E-state index < -0.39 is 12.0 Å². The molecule has 1 unspecified atom stereocenters. The predicted octanol–water partition coefficient (Wildman–Crippen LogP) is 2.03. The maximum absolute atomic E-state index is 13.2. The topological polar surface area (TPSA) is 33.1 Å². The zero-order valence-electron chi connectivity index (χ0n) is 12.4. The highest BCUT2D eigenvalue weighted by atomic mass is 19.4. The van der Waals surface area contributed by atoms with Gasteiger partial charge in [-0.1, -0.05) is 0 Å². The summed E-state index contributed by atoms with van der Waals surface area (Å²) in [5.74, 6) is -0.743. The second-order valence-corrected chi connectivity index (χ2v) is 6.11. The van der Waals surface area contributed by atoms with Crippen LogP contribution in [0.3, 0.4) is 0 Å². The van der Waals surface area contributed by atoms with Crippen molar-refractivity contribution in [3.05, 3.63) is 17.2 Å². The van der Waals surface area contributed by atoms with Gasteiger partial charge in [0.25, 0.3) is 0 Å². The Kier molecular flexibility index (Phi) is 3.73. The molecule has 118 valence electrons. The van der Waals surface area contributed by atoms with E-state index in [0.29, 0.717) is 37.8 Å². The summed E-state index contributed by atoms with van der Waals surface area (Å²) in [5.41, 5.74) is 1.30. The molecule has 1 atom stereocenters. The first-order valence-corrected chi connectivity index (χ1v) is 7.46. The van der Waals surface area contributed by atoms with Crippen molar-refractivity contribution in [2.45, 2.75) is 57.5 Å². The second kappa shape index (κ2) is 5.28. The molecule has 4 nitrogen and oxygen atoms in total. The van der Waals surface area contributed by atoms with Crippen LogP contribution in [0.15, 0.2) is 0 Å². The summed E-state index contributed by atoms with van der Waals surface area (Å²) in [7, 11) is 2.00. The molecule has 1 aliphatic carbocycles. The number of fused-ring (bicyclic) bond motifs is 1. The average molecular weight is 302 g/mol. The lowest BCUT2D eigenvalue weighted by Gasteiger charge is -2.27. The van der Waals surface area contributed by atoms with Crippen molar-refractivity contribution in [2.75, 3.05) is 13.6 Å². The zero-order valence-corrected chi connectivity index (χ0v) is 12.4. The summed E-state index contributed by atoms with van der Waals surface area (Å²) >= 11 is 0. The number of halogens is 3. The van der Waals surface area contributed by atoms with Gasteiger partial charge in [-0.15, -0.1) is 0 Å². The second-order valence-electron chi connectivity index (χ2n) is 6.11. The molecule has 21 heavy (non-hydrogen) atoms. The van der Waals surface area contributed by atoms with Gasteiger partial charge < -0.3 is 9.88 Å². The summed E-state index contributed by atoms with van der Waals surface area (Å²) in [6.07, 6.45) is -1.48. The van der Waals surface area contributed by atoms with Crippen LogP contribution in [0.4, 0.5) is 13.2 Å². The van der Waals surface area contributed by atoms with E-state index in [4.69, 9.17) is 0 Å². The molecule has 1 aromatic rings. The summed E-state index contributed by atoms with van der Waals surface area (Å²) < 4.78 is 41.1. The number of aromatic nitrogens is 2. The Morgan fingerprint density at radius 2 is 2.14 bits per heavy atom. The van der Waals surface area contributed by atoms with Crippen LogP contribution in [0.25, 0.3) is 0 Å². The van der Waals surface area contributed by atoms with E-state index in [1.54, 1.807) is 0 Å². The van der Waals surface area contributed by atoms with E-state index in [1.807, 2.05) is 14.0 Å². The number of nitrogens with zero attached hydrogens (tertiary/aromatic N) is 3. The van der Waals surface area contributed by atoms with Crippen molar-refractivity contribution >= 4 is 0 Å². The first-order valence-electron chi connectivity index (χ1n) is 7.46. The maximum atomic E-state index is 13.2. The van der Waals surface area contributed by atoms with Crippen molar-refractivity contribution in [1.82, 2.24) is 19.8 Å². The highest BCUT2D eigenvalue weighted by Crippen LogP contribution is 2.33. The molecule has 1 aromatic heterocycles. The van der Waals surface area contributed by atoms with E-state index in [-0.39, 0.29) is 6.04 Å². The molecule has 0 radical (unpaired) electrons. The minimum absolute atomic E-state index is 0.0757. The van der Waals surface area contributed by atoms with Crippen LogP contribution in [-0.2, 0) is 25.7 Å². The van der Waals surface area contributed by atoms with Gasteiger partial charge in [-0.25, -0.2) is 4.98 Å². The predicted molar refractivity (Wildman–Crippen MR) is 72.9 cm³/mol. The van der Waals surface area contributed by atoms with Crippen LogP contribution < -0.4 is 5.32 Å². The van der Waals surface area contributed by atoms with E-state index in [9.17, 15) is 13.2 Å². The van der Waals surface area contributed by atoms with Crippen molar-refractivity contribution < 1.29 is 13.2 Å². The third kappa shape index (κ3) is 2.94. The van der Waals surface area contributed by atoms with Crippen molar-refractivity contribution in [1.29, 1.82) is 0 Å². The third-order valence-corrected chi connectivity index (χ3v) is 4.50. The fraction of sp³-hybridized carbons (Fsp3) is 0.786. The number of hydrogen-bond acceptors (Lipinski definition) is 3. The van der Waals surface area contributed by atoms with Crippen LogP contribution >= 0.6 is 0 Å². The minimum Gasteiger partial charge on any atom is -0.323 e. The Bertz CT molecular complexity index is 519. The first-order chi connectivity index (χ1) is 9.88. The van der Waals surface area contributed by atoms with Gasteiger partial charge in [0.1, 0.15) is 0 Å². The monoisotopic (exact) mass is 302 g/mol. The number of rotatable bonds is 4. The Morgan fingerprint density at radius 1 is 1.43 bits per heavy atom. The molecular formula is C14H21F3N4. The first kappa shape index (κ1) is 14.8. The molecule has 1 saturated carbocycles. The summed E-state index contributed by atoms with van der Waals surface area (Å²) in [6, 6.07) is 0.613. The molecule has 3 rings (SSSR count).